The van der Waals surface area contributed by atoms with Gasteiger partial charge < -0.3 is 9.84 Å². The summed E-state index contributed by atoms with van der Waals surface area (Å²) < 4.78 is 5.83. The summed E-state index contributed by atoms with van der Waals surface area (Å²) in [6, 6.07) is 3.26. The number of nitro benzene ring substituents is 1. The molecule has 100 valence electrons. The Morgan fingerprint density at radius 3 is 2.89 bits per heavy atom. The molecular formula is C11H11N3O5. The largest absolute Gasteiger partial charge is 0.480 e. The van der Waals surface area contributed by atoms with Gasteiger partial charge in [0.1, 0.15) is 0 Å². The molecule has 0 bridgehead atoms. The van der Waals surface area contributed by atoms with Gasteiger partial charge in [-0.1, -0.05) is 0 Å². The summed E-state index contributed by atoms with van der Waals surface area (Å²) in [5.74, 6) is 0. The number of ether oxygens (including phenoxy) is 1. The molecule has 0 aliphatic rings. The molecule has 1 N–H and O–H groups in total. The van der Waals surface area contributed by atoms with Crippen LogP contribution in [-0.4, -0.2) is 33.3 Å². The van der Waals surface area contributed by atoms with Crippen molar-refractivity contribution in [2.75, 3.05) is 13.7 Å². The van der Waals surface area contributed by atoms with Crippen molar-refractivity contribution in [1.82, 2.24) is 9.55 Å². The van der Waals surface area contributed by atoms with Crippen LogP contribution in [0.5, 0.6) is 6.01 Å². The van der Waals surface area contributed by atoms with Crippen LogP contribution in [0, 0.1) is 10.1 Å². The van der Waals surface area contributed by atoms with Gasteiger partial charge in [-0.3, -0.25) is 19.5 Å². The third-order valence-electron chi connectivity index (χ3n) is 2.65. The topological polar surface area (TPSA) is 107 Å². The average Bonchev–Trinajstić information content (AvgIpc) is 2.38. The maximum Gasteiger partial charge on any atom is 0.297 e. The third kappa shape index (κ3) is 2.38. The lowest BCUT2D eigenvalue weighted by Crippen LogP contribution is -2.23. The summed E-state index contributed by atoms with van der Waals surface area (Å²) in [6.07, 6.45) is 0. The lowest BCUT2D eigenvalue weighted by atomic mass is 10.2. The van der Waals surface area contributed by atoms with Crippen molar-refractivity contribution >= 4 is 16.6 Å². The van der Waals surface area contributed by atoms with Gasteiger partial charge in [0.05, 0.1) is 29.0 Å². The van der Waals surface area contributed by atoms with Crippen LogP contribution in [0.15, 0.2) is 23.0 Å². The van der Waals surface area contributed by atoms with Gasteiger partial charge in [-0.25, -0.2) is 0 Å². The van der Waals surface area contributed by atoms with E-state index in [1.165, 1.54) is 19.2 Å². The average molecular weight is 265 g/mol. The second-order valence-corrected chi connectivity index (χ2v) is 3.82. The molecule has 8 heteroatoms. The summed E-state index contributed by atoms with van der Waals surface area (Å²) in [7, 11) is 1.46. The molecule has 0 saturated heterocycles. The molecule has 0 aliphatic carbocycles. The molecule has 0 radical (unpaired) electrons. The van der Waals surface area contributed by atoms with Crippen molar-refractivity contribution in [1.29, 1.82) is 0 Å². The van der Waals surface area contributed by atoms with E-state index in [2.05, 4.69) is 4.98 Å². The summed E-state index contributed by atoms with van der Waals surface area (Å²) in [5, 5.41) is 20.4. The molecule has 8 nitrogen and oxygen atoms in total. The molecule has 0 aliphatic heterocycles. The monoisotopic (exact) mass is 265 g/mol. The predicted octanol–water partition coefficient (Wildman–Crippen LogP) is 0.657. The van der Waals surface area contributed by atoms with E-state index in [0.29, 0.717) is 0 Å². The van der Waals surface area contributed by atoms with Crippen LogP contribution < -0.4 is 5.56 Å². The van der Waals surface area contributed by atoms with Gasteiger partial charge in [-0.05, 0) is 6.07 Å². The molecule has 1 aromatic heterocycles. The number of nitrogens with zero attached hydrogens (tertiary/aromatic N) is 3. The van der Waals surface area contributed by atoms with E-state index in [9.17, 15) is 20.0 Å². The van der Waals surface area contributed by atoms with Crippen LogP contribution in [0.4, 0.5) is 5.69 Å². The molecule has 2 rings (SSSR count). The molecular weight excluding hydrogens is 254 g/mol. The maximum atomic E-state index is 12.1. The molecule has 0 spiro atoms. The Kier molecular flexibility index (Phi) is 3.43. The lowest BCUT2D eigenvalue weighted by molar-refractivity contribution is -0.384. The fourth-order valence-electron chi connectivity index (χ4n) is 1.69. The Morgan fingerprint density at radius 2 is 2.26 bits per heavy atom. The summed E-state index contributed by atoms with van der Waals surface area (Å²) in [5.41, 5.74) is -0.527. The van der Waals surface area contributed by atoms with Crippen LogP contribution >= 0.6 is 0 Å². The number of benzene rings is 1. The van der Waals surface area contributed by atoms with E-state index >= 15 is 0 Å². The minimum Gasteiger partial charge on any atom is -0.480 e. The third-order valence-corrected chi connectivity index (χ3v) is 2.65. The quantitative estimate of drug-likeness (QED) is 0.642. The van der Waals surface area contributed by atoms with Crippen molar-refractivity contribution in [2.24, 2.45) is 0 Å². The molecule has 2 aromatic rings. The maximum absolute atomic E-state index is 12.1. The van der Waals surface area contributed by atoms with Crippen LogP contribution in [0.2, 0.25) is 0 Å². The van der Waals surface area contributed by atoms with Crippen molar-refractivity contribution in [3.63, 3.8) is 0 Å². The molecule has 0 saturated carbocycles. The van der Waals surface area contributed by atoms with Gasteiger partial charge in [-0.2, -0.15) is 4.98 Å². The Morgan fingerprint density at radius 1 is 1.53 bits per heavy atom. The number of aromatic nitrogens is 2. The smallest absolute Gasteiger partial charge is 0.297 e. The zero-order chi connectivity index (χ0) is 14.0. The molecule has 0 fully saturated rings. The zero-order valence-corrected chi connectivity index (χ0v) is 10.1. The fourth-order valence-corrected chi connectivity index (χ4v) is 1.69. The van der Waals surface area contributed by atoms with Crippen molar-refractivity contribution < 1.29 is 14.8 Å². The SMILES string of the molecule is COCCn1c(O)nc2ccc([N+](=O)[O-])cc2c1=O. The Labute approximate surface area is 107 Å². The highest BCUT2D eigenvalue weighted by atomic mass is 16.6. The first-order chi connectivity index (χ1) is 9.04. The number of hydrogen-bond acceptors (Lipinski definition) is 6. The highest BCUT2D eigenvalue weighted by molar-refractivity contribution is 5.80. The number of aromatic hydroxyl groups is 1. The Bertz CT molecular complexity index is 695. The first-order valence-electron chi connectivity index (χ1n) is 5.41. The summed E-state index contributed by atoms with van der Waals surface area (Å²) >= 11 is 0. The van der Waals surface area contributed by atoms with Crippen molar-refractivity contribution in [3.05, 3.63) is 38.7 Å². The standard InChI is InChI=1S/C11H11N3O5/c1-19-5-4-13-10(15)8-6-7(14(17)18)2-3-9(8)12-11(13)16/h2-3,6H,4-5H2,1H3,(H,12,16). The normalized spacial score (nSPS) is 10.8. The highest BCUT2D eigenvalue weighted by Gasteiger charge is 2.13. The van der Waals surface area contributed by atoms with Crippen molar-refractivity contribution in [3.8, 4) is 6.01 Å². The van der Waals surface area contributed by atoms with Gasteiger partial charge in [0.15, 0.2) is 0 Å². The molecule has 1 aromatic carbocycles. The minimum atomic E-state index is -0.592. The van der Waals surface area contributed by atoms with E-state index in [1.807, 2.05) is 0 Å². The number of nitro groups is 1. The second kappa shape index (κ2) is 5.02. The molecule has 0 unspecified atom stereocenters. The molecule has 19 heavy (non-hydrogen) atoms. The van der Waals surface area contributed by atoms with Crippen LogP contribution in [-0.2, 0) is 11.3 Å². The first kappa shape index (κ1) is 13.0. The number of fused-ring (bicyclic) bond motifs is 1. The first-order valence-corrected chi connectivity index (χ1v) is 5.41. The van der Waals surface area contributed by atoms with Gasteiger partial charge in [-0.15, -0.1) is 0 Å². The van der Waals surface area contributed by atoms with E-state index in [4.69, 9.17) is 4.74 Å². The van der Waals surface area contributed by atoms with E-state index in [1.54, 1.807) is 0 Å². The van der Waals surface area contributed by atoms with Gasteiger partial charge >= 0.3 is 0 Å². The van der Waals surface area contributed by atoms with Gasteiger partial charge in [0.25, 0.3) is 17.3 Å². The van der Waals surface area contributed by atoms with E-state index < -0.39 is 16.5 Å². The number of methoxy groups -OCH3 is 1. The zero-order valence-electron chi connectivity index (χ0n) is 10.1. The van der Waals surface area contributed by atoms with E-state index in [0.717, 1.165) is 10.6 Å². The Hall–Kier alpha value is -2.48. The van der Waals surface area contributed by atoms with Gasteiger partial charge in [0.2, 0.25) is 0 Å². The second-order valence-electron chi connectivity index (χ2n) is 3.82. The minimum absolute atomic E-state index is 0.0862. The summed E-state index contributed by atoms with van der Waals surface area (Å²) in [6.45, 7) is 0.336. The Balaban J connectivity index is 2.66. The number of non-ortho nitro benzene ring substituents is 1. The van der Waals surface area contributed by atoms with E-state index in [-0.39, 0.29) is 29.7 Å². The number of rotatable bonds is 4. The van der Waals surface area contributed by atoms with Crippen molar-refractivity contribution in [2.45, 2.75) is 6.54 Å². The summed E-state index contributed by atoms with van der Waals surface area (Å²) in [4.78, 5) is 26.0. The van der Waals surface area contributed by atoms with Crippen LogP contribution in [0.1, 0.15) is 0 Å². The predicted molar refractivity (Wildman–Crippen MR) is 66.2 cm³/mol. The molecule has 1 heterocycles. The fraction of sp³-hybridized carbons (Fsp3) is 0.273. The highest BCUT2D eigenvalue weighted by Crippen LogP contribution is 2.18. The lowest BCUT2D eigenvalue weighted by Gasteiger charge is -2.08. The van der Waals surface area contributed by atoms with Gasteiger partial charge in [0, 0.05) is 19.2 Å². The molecule has 0 atom stereocenters. The van der Waals surface area contributed by atoms with Crippen LogP contribution in [0.3, 0.4) is 0 Å². The molecule has 0 amide bonds. The van der Waals surface area contributed by atoms with Crippen LogP contribution in [0.25, 0.3) is 10.9 Å². The number of hydrogen-bond donors (Lipinski definition) is 1.